The molecule has 10 nitrogen and oxygen atoms in total. The largest absolute Gasteiger partial charge is 0.465 e. The van der Waals surface area contributed by atoms with Crippen molar-refractivity contribution >= 4 is 23.4 Å². The number of anilines is 3. The van der Waals surface area contributed by atoms with Gasteiger partial charge in [0.25, 0.3) is 0 Å². The highest BCUT2D eigenvalue weighted by Crippen LogP contribution is 2.50. The van der Waals surface area contributed by atoms with Gasteiger partial charge in [0, 0.05) is 18.4 Å². The first-order chi connectivity index (χ1) is 16.0. The fourth-order valence-electron chi connectivity index (χ4n) is 4.47. The zero-order valence-electron chi connectivity index (χ0n) is 17.4. The molecule has 2 unspecified atom stereocenters. The van der Waals surface area contributed by atoms with Crippen LogP contribution in [0.1, 0.15) is 24.8 Å². The van der Waals surface area contributed by atoms with Crippen molar-refractivity contribution in [3.8, 4) is 11.8 Å². The topological polar surface area (TPSA) is 141 Å². The minimum atomic E-state index is -1.11. The number of carboxylic acid groups (broad SMARTS) is 1. The quantitative estimate of drug-likeness (QED) is 0.450. The fraction of sp³-hybridized carbons (Fsp3) is 0.318. The number of halogens is 1. The van der Waals surface area contributed by atoms with Crippen molar-refractivity contribution in [2.45, 2.75) is 31.3 Å². The maximum absolute atomic E-state index is 14.8. The second kappa shape index (κ2) is 8.38. The van der Waals surface area contributed by atoms with Crippen LogP contribution in [0.2, 0.25) is 0 Å². The summed E-state index contributed by atoms with van der Waals surface area (Å²) in [6, 6.07) is 6.01. The van der Waals surface area contributed by atoms with E-state index in [1.165, 1.54) is 0 Å². The second-order valence-corrected chi connectivity index (χ2v) is 8.37. The first kappa shape index (κ1) is 20.7. The summed E-state index contributed by atoms with van der Waals surface area (Å²) in [4.78, 5) is 19.7. The zero-order chi connectivity index (χ0) is 22.9. The van der Waals surface area contributed by atoms with Gasteiger partial charge in [-0.1, -0.05) is 0 Å². The van der Waals surface area contributed by atoms with Crippen LogP contribution in [0, 0.1) is 29.0 Å². The van der Waals surface area contributed by atoms with Crippen LogP contribution in [-0.4, -0.2) is 43.0 Å². The minimum absolute atomic E-state index is 0.0334. The van der Waals surface area contributed by atoms with Gasteiger partial charge in [-0.15, -0.1) is 0 Å². The van der Waals surface area contributed by atoms with E-state index in [0.29, 0.717) is 29.6 Å². The highest BCUT2D eigenvalue weighted by atomic mass is 19.1. The van der Waals surface area contributed by atoms with Crippen molar-refractivity contribution in [1.29, 1.82) is 5.26 Å². The van der Waals surface area contributed by atoms with Gasteiger partial charge in [0.1, 0.15) is 6.07 Å². The first-order valence-corrected chi connectivity index (χ1v) is 10.6. The lowest BCUT2D eigenvalue weighted by atomic mass is 9.90. The molecule has 0 spiro atoms. The standard InChI is InChI=1S/C22H21FN8O2/c23-17-5-14(9-24)20(27-15-8-16(11-25-10-15)31-3-1-2-26-31)30-21(17)28-18-6-12-4-13(12)7-19(18)29-22(32)33/h1-3,5,8,10-13,18-19,29H,4,6-7H2,(H,32,33)(H2,27,28,30)/t12?,13?,18-,19+/m0/s1. The van der Waals surface area contributed by atoms with Gasteiger partial charge in [0.05, 0.1) is 35.4 Å². The Morgan fingerprint density at radius 1 is 1.18 bits per heavy atom. The van der Waals surface area contributed by atoms with E-state index in [9.17, 15) is 19.6 Å². The summed E-state index contributed by atoms with van der Waals surface area (Å²) >= 11 is 0. The predicted molar refractivity (Wildman–Crippen MR) is 117 cm³/mol. The summed E-state index contributed by atoms with van der Waals surface area (Å²) in [7, 11) is 0. The van der Waals surface area contributed by atoms with Gasteiger partial charge in [-0.25, -0.2) is 18.9 Å². The van der Waals surface area contributed by atoms with Gasteiger partial charge in [0.2, 0.25) is 0 Å². The normalized spacial score (nSPS) is 23.2. The monoisotopic (exact) mass is 448 g/mol. The van der Waals surface area contributed by atoms with Crippen molar-refractivity contribution in [1.82, 2.24) is 25.1 Å². The number of amides is 1. The molecule has 168 valence electrons. The van der Waals surface area contributed by atoms with Gasteiger partial charge in [-0.2, -0.15) is 10.4 Å². The molecule has 0 bridgehead atoms. The van der Waals surface area contributed by atoms with Crippen molar-refractivity contribution in [2.24, 2.45) is 11.8 Å². The molecule has 3 aromatic heterocycles. The molecule has 3 aromatic rings. The Bertz CT molecular complexity index is 1230. The highest BCUT2D eigenvalue weighted by molar-refractivity contribution is 5.67. The number of aromatic nitrogens is 4. The fourth-order valence-corrected chi connectivity index (χ4v) is 4.47. The third kappa shape index (κ3) is 4.41. The molecule has 0 aliphatic heterocycles. The maximum Gasteiger partial charge on any atom is 0.404 e. The summed E-state index contributed by atoms with van der Waals surface area (Å²) in [5.41, 5.74) is 1.29. The maximum atomic E-state index is 14.8. The molecule has 11 heteroatoms. The molecule has 2 fully saturated rings. The molecular weight excluding hydrogens is 427 g/mol. The third-order valence-electron chi connectivity index (χ3n) is 6.15. The average molecular weight is 448 g/mol. The Morgan fingerprint density at radius 2 is 2.00 bits per heavy atom. The lowest BCUT2D eigenvalue weighted by Gasteiger charge is -2.32. The molecule has 3 heterocycles. The predicted octanol–water partition coefficient (Wildman–Crippen LogP) is 3.26. The lowest BCUT2D eigenvalue weighted by Crippen LogP contribution is -2.49. The zero-order valence-corrected chi connectivity index (χ0v) is 17.4. The van der Waals surface area contributed by atoms with E-state index in [-0.39, 0.29) is 29.3 Å². The summed E-state index contributed by atoms with van der Waals surface area (Å²) in [5.74, 6) is 0.500. The SMILES string of the molecule is N#Cc1cc(F)c(N[C@H]2CC3CC3C[C@H]2NC(=O)O)nc1Nc1cncc(-n2cccn2)c1. The molecule has 0 radical (unpaired) electrons. The summed E-state index contributed by atoms with van der Waals surface area (Å²) in [5, 5.41) is 31.5. The van der Waals surface area contributed by atoms with Crippen LogP contribution < -0.4 is 16.0 Å². The summed E-state index contributed by atoms with van der Waals surface area (Å²) in [6.45, 7) is 0. The Morgan fingerprint density at radius 3 is 2.73 bits per heavy atom. The molecule has 4 atom stereocenters. The van der Waals surface area contributed by atoms with Crippen LogP contribution in [0.4, 0.5) is 26.5 Å². The molecule has 4 N–H and O–H groups in total. The van der Waals surface area contributed by atoms with Crippen LogP contribution in [0.3, 0.4) is 0 Å². The van der Waals surface area contributed by atoms with E-state index in [4.69, 9.17) is 0 Å². The number of nitrogens with zero attached hydrogens (tertiary/aromatic N) is 5. The van der Waals surface area contributed by atoms with Gasteiger partial charge in [-0.05, 0) is 49.3 Å². The van der Waals surface area contributed by atoms with Crippen LogP contribution in [0.15, 0.2) is 43.0 Å². The van der Waals surface area contributed by atoms with E-state index in [1.807, 2.05) is 6.07 Å². The molecule has 0 saturated heterocycles. The van der Waals surface area contributed by atoms with E-state index < -0.39 is 11.9 Å². The third-order valence-corrected chi connectivity index (χ3v) is 6.15. The van der Waals surface area contributed by atoms with Crippen LogP contribution in [0.25, 0.3) is 5.69 Å². The van der Waals surface area contributed by atoms with Crippen LogP contribution >= 0.6 is 0 Å². The van der Waals surface area contributed by atoms with E-state index in [1.54, 1.807) is 41.6 Å². The minimum Gasteiger partial charge on any atom is -0.465 e. The van der Waals surface area contributed by atoms with Crippen molar-refractivity contribution in [3.63, 3.8) is 0 Å². The number of fused-ring (bicyclic) bond motifs is 1. The van der Waals surface area contributed by atoms with E-state index in [2.05, 4.69) is 31.0 Å². The molecule has 2 saturated carbocycles. The van der Waals surface area contributed by atoms with Gasteiger partial charge < -0.3 is 21.1 Å². The lowest BCUT2D eigenvalue weighted by molar-refractivity contribution is 0.183. The molecule has 2 aliphatic carbocycles. The Kier molecular flexibility index (Phi) is 5.26. The molecule has 2 aliphatic rings. The number of pyridine rings is 2. The number of hydrogen-bond acceptors (Lipinski definition) is 7. The average Bonchev–Trinajstić information content (AvgIpc) is 3.31. The number of carbonyl (C=O) groups is 1. The molecule has 1 amide bonds. The number of hydrogen-bond donors (Lipinski definition) is 4. The first-order valence-electron chi connectivity index (χ1n) is 10.6. The van der Waals surface area contributed by atoms with Crippen LogP contribution in [0.5, 0.6) is 0 Å². The summed E-state index contributed by atoms with van der Waals surface area (Å²) in [6.07, 6.45) is 8.02. The Hall–Kier alpha value is -4.20. The summed E-state index contributed by atoms with van der Waals surface area (Å²) < 4.78 is 16.4. The van der Waals surface area contributed by atoms with Crippen molar-refractivity contribution in [2.75, 3.05) is 10.6 Å². The van der Waals surface area contributed by atoms with Crippen molar-refractivity contribution in [3.05, 3.63) is 54.4 Å². The van der Waals surface area contributed by atoms with Crippen molar-refractivity contribution < 1.29 is 14.3 Å². The van der Waals surface area contributed by atoms with Gasteiger partial charge >= 0.3 is 6.09 Å². The van der Waals surface area contributed by atoms with E-state index >= 15 is 0 Å². The highest BCUT2D eigenvalue weighted by Gasteiger charge is 2.47. The second-order valence-electron chi connectivity index (χ2n) is 8.37. The molecule has 5 rings (SSSR count). The Labute approximate surface area is 188 Å². The van der Waals surface area contributed by atoms with E-state index in [0.717, 1.165) is 18.9 Å². The molecule has 0 aromatic carbocycles. The van der Waals surface area contributed by atoms with Crippen LogP contribution in [-0.2, 0) is 0 Å². The smallest absolute Gasteiger partial charge is 0.404 e. The Balaban J connectivity index is 1.40. The molecular formula is C22H21FN8O2. The van der Waals surface area contributed by atoms with Gasteiger partial charge in [-0.3, -0.25) is 4.98 Å². The number of nitrogens with one attached hydrogen (secondary N) is 3. The number of rotatable bonds is 6. The van der Waals surface area contributed by atoms with Gasteiger partial charge in [0.15, 0.2) is 17.5 Å². The molecule has 33 heavy (non-hydrogen) atoms. The number of nitriles is 1.